The first-order chi connectivity index (χ1) is 20.9. The van der Waals surface area contributed by atoms with E-state index in [1.807, 2.05) is 0 Å². The summed E-state index contributed by atoms with van der Waals surface area (Å²) in [5.74, 6) is -1.67. The molecule has 44 heavy (non-hydrogen) atoms. The summed E-state index contributed by atoms with van der Waals surface area (Å²) in [5.41, 5.74) is -4.89. The van der Waals surface area contributed by atoms with Crippen LogP contribution in [0.4, 0.5) is 32.0 Å². The molecule has 1 N–H and O–H groups in total. The molecule has 2 heterocycles. The van der Waals surface area contributed by atoms with Crippen LogP contribution in [0, 0.1) is 0 Å². The van der Waals surface area contributed by atoms with Crippen LogP contribution in [-0.2, 0) is 34.3 Å². The molecule has 230 valence electrons. The minimum atomic E-state index is -5.07. The zero-order chi connectivity index (χ0) is 32.0. The highest BCUT2D eigenvalue weighted by molar-refractivity contribution is 5.84. The van der Waals surface area contributed by atoms with Gasteiger partial charge in [0.15, 0.2) is 5.69 Å². The molecule has 2 aromatic carbocycles. The Balaban J connectivity index is 1.92. The van der Waals surface area contributed by atoms with Crippen molar-refractivity contribution in [2.24, 2.45) is 0 Å². The average molecular weight is 617 g/mol. The van der Waals surface area contributed by atoms with Crippen molar-refractivity contribution in [2.75, 3.05) is 5.32 Å². The van der Waals surface area contributed by atoms with Crippen molar-refractivity contribution in [3.8, 4) is 22.8 Å². The lowest BCUT2D eigenvalue weighted by atomic mass is 9.96. The standard InChI is InChI=1S/C31H26F6N4O3/c1-3-5-16-29(31(35,36)37,43-18-20-12-7-6-8-13-20)28-41-40-27(44-28)26-24(38-19-42)17-23(30(32,33)34)25(39-26)22-15-10-9-14-21(22)11-4-2/h3-4,6-10,12-15,17,19H,1-2,5,11,16,18H2,(H,38,42). The number of hydrogen-bond donors (Lipinski definition) is 1. The first kappa shape index (κ1) is 32.1. The van der Waals surface area contributed by atoms with Gasteiger partial charge in [0.05, 0.1) is 23.6 Å². The summed E-state index contributed by atoms with van der Waals surface area (Å²) < 4.78 is 98.1. The number of nitrogens with zero attached hydrogens (tertiary/aromatic N) is 3. The van der Waals surface area contributed by atoms with Gasteiger partial charge in [0, 0.05) is 5.56 Å². The predicted octanol–water partition coefficient (Wildman–Crippen LogP) is 8.05. The van der Waals surface area contributed by atoms with Gasteiger partial charge in [0.25, 0.3) is 11.8 Å². The molecule has 1 atom stereocenters. The molecular weight excluding hydrogens is 590 g/mol. The molecule has 4 rings (SSSR count). The van der Waals surface area contributed by atoms with Gasteiger partial charge in [-0.15, -0.1) is 23.4 Å². The Morgan fingerprint density at radius 3 is 2.25 bits per heavy atom. The van der Waals surface area contributed by atoms with E-state index < -0.39 is 65.4 Å². The third kappa shape index (κ3) is 6.72. The molecule has 0 radical (unpaired) electrons. The first-order valence-electron chi connectivity index (χ1n) is 13.2. The molecule has 2 aromatic heterocycles. The van der Waals surface area contributed by atoms with E-state index in [0.717, 1.165) is 0 Å². The zero-order valence-corrected chi connectivity index (χ0v) is 23.1. The maximum Gasteiger partial charge on any atom is 0.426 e. The van der Waals surface area contributed by atoms with Gasteiger partial charge in [-0.05, 0) is 36.5 Å². The second kappa shape index (κ2) is 13.2. The van der Waals surface area contributed by atoms with Crippen molar-refractivity contribution < 1.29 is 40.3 Å². The van der Waals surface area contributed by atoms with Gasteiger partial charge in [-0.25, -0.2) is 4.98 Å². The SMILES string of the molecule is C=CCCC(OCc1ccccc1)(c1nnc(-c2nc(-c3ccccc3CC=C)c(C(F)(F)F)cc2NC=O)o1)C(F)(F)F. The second-order valence-electron chi connectivity index (χ2n) is 9.53. The first-order valence-corrected chi connectivity index (χ1v) is 13.2. The van der Waals surface area contributed by atoms with Crippen molar-refractivity contribution in [3.05, 3.63) is 109 Å². The van der Waals surface area contributed by atoms with E-state index in [1.165, 1.54) is 24.3 Å². The number of carbonyl (C=O) groups is 1. The van der Waals surface area contributed by atoms with Crippen LogP contribution >= 0.6 is 0 Å². The normalized spacial score (nSPS) is 13.2. The third-order valence-corrected chi connectivity index (χ3v) is 6.64. The van der Waals surface area contributed by atoms with Gasteiger partial charge in [-0.3, -0.25) is 4.79 Å². The molecule has 0 saturated heterocycles. The summed E-state index contributed by atoms with van der Waals surface area (Å²) in [5, 5.41) is 9.46. The molecular formula is C31H26F6N4O3. The fourth-order valence-corrected chi connectivity index (χ4v) is 4.51. The van der Waals surface area contributed by atoms with Gasteiger partial charge in [0.2, 0.25) is 12.0 Å². The Kier molecular flexibility index (Phi) is 9.68. The van der Waals surface area contributed by atoms with E-state index in [-0.39, 0.29) is 24.8 Å². The number of alkyl halides is 6. The van der Waals surface area contributed by atoms with Crippen LogP contribution in [0.2, 0.25) is 0 Å². The fraction of sp³-hybridized carbons (Fsp3) is 0.226. The number of amides is 1. The number of aromatic nitrogens is 3. The number of hydrogen-bond acceptors (Lipinski definition) is 6. The van der Waals surface area contributed by atoms with Crippen LogP contribution in [0.25, 0.3) is 22.8 Å². The lowest BCUT2D eigenvalue weighted by Gasteiger charge is -2.32. The maximum absolute atomic E-state index is 14.8. The minimum absolute atomic E-state index is 0.0835. The van der Waals surface area contributed by atoms with Gasteiger partial charge in [-0.1, -0.05) is 66.7 Å². The molecule has 0 spiro atoms. The second-order valence-corrected chi connectivity index (χ2v) is 9.53. The number of benzene rings is 2. The Morgan fingerprint density at radius 2 is 1.61 bits per heavy atom. The Morgan fingerprint density at radius 1 is 0.909 bits per heavy atom. The van der Waals surface area contributed by atoms with Gasteiger partial charge in [-0.2, -0.15) is 26.3 Å². The largest absolute Gasteiger partial charge is 0.426 e. The molecule has 0 bridgehead atoms. The van der Waals surface area contributed by atoms with Crippen molar-refractivity contribution in [1.29, 1.82) is 0 Å². The average Bonchev–Trinajstić information content (AvgIpc) is 3.48. The predicted molar refractivity (Wildman–Crippen MR) is 150 cm³/mol. The molecule has 13 heteroatoms. The van der Waals surface area contributed by atoms with Crippen LogP contribution in [0.1, 0.15) is 35.4 Å². The van der Waals surface area contributed by atoms with Gasteiger partial charge >= 0.3 is 12.4 Å². The third-order valence-electron chi connectivity index (χ3n) is 6.64. The minimum Gasteiger partial charge on any atom is -0.416 e. The topological polar surface area (TPSA) is 90.1 Å². The molecule has 7 nitrogen and oxygen atoms in total. The highest BCUT2D eigenvalue weighted by Gasteiger charge is 2.61. The summed E-state index contributed by atoms with van der Waals surface area (Å²) in [6.07, 6.45) is -7.80. The van der Waals surface area contributed by atoms with Crippen LogP contribution in [0.15, 0.2) is 90.4 Å². The summed E-state index contributed by atoms with van der Waals surface area (Å²) in [7, 11) is 0. The van der Waals surface area contributed by atoms with Crippen LogP contribution < -0.4 is 5.32 Å². The maximum atomic E-state index is 14.8. The molecule has 0 aliphatic carbocycles. The lowest BCUT2D eigenvalue weighted by molar-refractivity contribution is -0.299. The van der Waals surface area contributed by atoms with Gasteiger partial charge in [0.1, 0.15) is 0 Å². The number of ether oxygens (including phenoxy) is 1. The van der Waals surface area contributed by atoms with Crippen LogP contribution in [-0.4, -0.2) is 27.8 Å². The summed E-state index contributed by atoms with van der Waals surface area (Å²) in [4.78, 5) is 15.5. The zero-order valence-electron chi connectivity index (χ0n) is 23.1. The fourth-order valence-electron chi connectivity index (χ4n) is 4.51. The number of nitrogens with one attached hydrogen (secondary N) is 1. The van der Waals surface area contributed by atoms with Crippen LogP contribution in [0.3, 0.4) is 0 Å². The lowest BCUT2D eigenvalue weighted by Crippen LogP contribution is -2.45. The van der Waals surface area contributed by atoms with E-state index in [4.69, 9.17) is 9.15 Å². The smallest absolute Gasteiger partial charge is 0.416 e. The molecule has 0 aliphatic rings. The molecule has 0 aliphatic heterocycles. The van der Waals surface area contributed by atoms with E-state index in [2.05, 4.69) is 33.7 Å². The number of allylic oxidation sites excluding steroid dienone is 2. The molecule has 0 fully saturated rings. The number of anilines is 1. The highest BCUT2D eigenvalue weighted by Crippen LogP contribution is 2.47. The van der Waals surface area contributed by atoms with E-state index >= 15 is 0 Å². The summed E-state index contributed by atoms with van der Waals surface area (Å²) in [6, 6.07) is 14.8. The number of pyridine rings is 1. The Bertz CT molecular complexity index is 1620. The van der Waals surface area contributed by atoms with Crippen molar-refractivity contribution in [3.63, 3.8) is 0 Å². The number of halogens is 6. The van der Waals surface area contributed by atoms with E-state index in [9.17, 15) is 31.1 Å². The molecule has 1 unspecified atom stereocenters. The van der Waals surface area contributed by atoms with E-state index in [0.29, 0.717) is 17.2 Å². The monoisotopic (exact) mass is 616 g/mol. The summed E-state index contributed by atoms with van der Waals surface area (Å²) >= 11 is 0. The molecule has 0 saturated carbocycles. The summed E-state index contributed by atoms with van der Waals surface area (Å²) in [6.45, 7) is 6.65. The molecule has 4 aromatic rings. The van der Waals surface area contributed by atoms with E-state index in [1.54, 1.807) is 42.5 Å². The number of carbonyl (C=O) groups excluding carboxylic acids is 1. The quantitative estimate of drug-likeness (QED) is 0.0929. The van der Waals surface area contributed by atoms with Crippen molar-refractivity contribution in [2.45, 2.75) is 43.8 Å². The van der Waals surface area contributed by atoms with Crippen molar-refractivity contribution in [1.82, 2.24) is 15.2 Å². The number of rotatable bonds is 13. The Hall–Kier alpha value is -4.78. The van der Waals surface area contributed by atoms with Crippen LogP contribution in [0.5, 0.6) is 0 Å². The molecule has 1 amide bonds. The Labute approximate surface area is 248 Å². The van der Waals surface area contributed by atoms with Gasteiger partial charge < -0.3 is 14.5 Å². The highest BCUT2D eigenvalue weighted by atomic mass is 19.4. The van der Waals surface area contributed by atoms with Crippen molar-refractivity contribution >= 4 is 12.1 Å².